The van der Waals surface area contributed by atoms with E-state index in [4.69, 9.17) is 9.47 Å². The van der Waals surface area contributed by atoms with Crippen LogP contribution in [-0.2, 0) is 19.1 Å². The first kappa shape index (κ1) is 17.3. The molecular formula is C19H24O4. The summed E-state index contributed by atoms with van der Waals surface area (Å²) in [5.74, 6) is -1.55. The van der Waals surface area contributed by atoms with Gasteiger partial charge < -0.3 is 9.47 Å². The Balaban J connectivity index is 2.69. The molecule has 0 aliphatic heterocycles. The van der Waals surface area contributed by atoms with Crippen molar-refractivity contribution in [1.29, 1.82) is 0 Å². The monoisotopic (exact) mass is 316 g/mol. The molecule has 124 valence electrons. The molecule has 1 aliphatic carbocycles. The van der Waals surface area contributed by atoms with Crippen LogP contribution in [0.5, 0.6) is 0 Å². The van der Waals surface area contributed by atoms with Crippen molar-refractivity contribution in [2.75, 3.05) is 13.2 Å². The number of rotatable bonds is 4. The van der Waals surface area contributed by atoms with E-state index in [0.29, 0.717) is 5.57 Å². The second kappa shape index (κ2) is 6.57. The third kappa shape index (κ3) is 3.16. The summed E-state index contributed by atoms with van der Waals surface area (Å²) in [6.45, 7) is 10.2. The van der Waals surface area contributed by atoms with Crippen molar-refractivity contribution in [3.05, 3.63) is 41.0 Å². The van der Waals surface area contributed by atoms with E-state index < -0.39 is 17.9 Å². The van der Waals surface area contributed by atoms with Crippen LogP contribution in [0.25, 0.3) is 5.57 Å². The van der Waals surface area contributed by atoms with Crippen LogP contribution in [0.15, 0.2) is 29.8 Å². The summed E-state index contributed by atoms with van der Waals surface area (Å²) in [7, 11) is 0. The molecule has 1 aliphatic rings. The summed E-state index contributed by atoms with van der Waals surface area (Å²) in [6, 6.07) is 7.63. The average molecular weight is 316 g/mol. The predicted molar refractivity (Wildman–Crippen MR) is 88.8 cm³/mol. The molecule has 0 radical (unpaired) electrons. The van der Waals surface area contributed by atoms with E-state index in [9.17, 15) is 9.59 Å². The molecule has 1 aromatic rings. The van der Waals surface area contributed by atoms with Gasteiger partial charge in [0.05, 0.1) is 18.8 Å². The molecule has 0 saturated heterocycles. The molecule has 1 unspecified atom stereocenters. The molecule has 0 aromatic heterocycles. The lowest BCUT2D eigenvalue weighted by molar-refractivity contribution is -0.147. The SMILES string of the molecule is CCOC(=O)C1=C(C(C)(C)C)c2ccccc2C1C(=O)OCC. The number of hydrogen-bond acceptors (Lipinski definition) is 4. The van der Waals surface area contributed by atoms with E-state index in [2.05, 4.69) is 0 Å². The van der Waals surface area contributed by atoms with Crippen LogP contribution in [0.4, 0.5) is 0 Å². The Morgan fingerprint density at radius 2 is 1.65 bits per heavy atom. The second-order valence-corrected chi connectivity index (χ2v) is 6.53. The van der Waals surface area contributed by atoms with Crippen molar-refractivity contribution in [2.45, 2.75) is 40.5 Å². The Morgan fingerprint density at radius 3 is 2.22 bits per heavy atom. The topological polar surface area (TPSA) is 52.6 Å². The van der Waals surface area contributed by atoms with Gasteiger partial charge in [0.2, 0.25) is 0 Å². The molecule has 1 atom stereocenters. The number of fused-ring (bicyclic) bond motifs is 1. The zero-order valence-electron chi connectivity index (χ0n) is 14.4. The summed E-state index contributed by atoms with van der Waals surface area (Å²) in [6.07, 6.45) is 0. The van der Waals surface area contributed by atoms with Crippen LogP contribution < -0.4 is 0 Å². The van der Waals surface area contributed by atoms with Gasteiger partial charge >= 0.3 is 11.9 Å². The fraction of sp³-hybridized carbons (Fsp3) is 0.474. The quantitative estimate of drug-likeness (QED) is 0.795. The number of allylic oxidation sites excluding steroid dienone is 1. The van der Waals surface area contributed by atoms with Gasteiger partial charge in [0.15, 0.2) is 0 Å². The lowest BCUT2D eigenvalue weighted by Crippen LogP contribution is -2.23. The number of hydrogen-bond donors (Lipinski definition) is 0. The molecule has 23 heavy (non-hydrogen) atoms. The van der Waals surface area contributed by atoms with Crippen LogP contribution in [0.2, 0.25) is 0 Å². The van der Waals surface area contributed by atoms with Crippen LogP contribution in [0.1, 0.15) is 51.7 Å². The Bertz CT molecular complexity index is 650. The largest absolute Gasteiger partial charge is 0.465 e. The summed E-state index contributed by atoms with van der Waals surface area (Å²) in [4.78, 5) is 25.1. The van der Waals surface area contributed by atoms with Gasteiger partial charge in [0, 0.05) is 0 Å². The normalized spacial score (nSPS) is 17.0. The second-order valence-electron chi connectivity index (χ2n) is 6.53. The van der Waals surface area contributed by atoms with Gasteiger partial charge in [-0.05, 0) is 36.0 Å². The van der Waals surface area contributed by atoms with Crippen LogP contribution in [0.3, 0.4) is 0 Å². The van der Waals surface area contributed by atoms with E-state index >= 15 is 0 Å². The zero-order valence-corrected chi connectivity index (χ0v) is 14.4. The van der Waals surface area contributed by atoms with Crippen molar-refractivity contribution >= 4 is 17.5 Å². The molecular weight excluding hydrogens is 292 g/mol. The molecule has 0 saturated carbocycles. The lowest BCUT2D eigenvalue weighted by Gasteiger charge is -2.23. The van der Waals surface area contributed by atoms with Crippen molar-refractivity contribution < 1.29 is 19.1 Å². The standard InChI is InChI=1S/C19H24O4/c1-6-22-17(20)14-12-10-8-9-11-13(12)16(19(3,4)5)15(14)18(21)23-7-2/h8-11,14H,6-7H2,1-5H3. The van der Waals surface area contributed by atoms with E-state index in [1.807, 2.05) is 45.0 Å². The highest BCUT2D eigenvalue weighted by molar-refractivity contribution is 6.09. The zero-order chi connectivity index (χ0) is 17.2. The van der Waals surface area contributed by atoms with E-state index in [-0.39, 0.29) is 18.6 Å². The Morgan fingerprint density at radius 1 is 1.04 bits per heavy atom. The molecule has 0 amide bonds. The summed E-state index contributed by atoms with van der Waals surface area (Å²) in [5.41, 5.74) is 2.74. The first-order valence-electron chi connectivity index (χ1n) is 8.00. The van der Waals surface area contributed by atoms with E-state index in [0.717, 1.165) is 16.7 Å². The number of benzene rings is 1. The number of ether oxygens (including phenoxy) is 2. The fourth-order valence-corrected chi connectivity index (χ4v) is 3.13. The molecule has 0 spiro atoms. The highest BCUT2D eigenvalue weighted by atomic mass is 16.5. The van der Waals surface area contributed by atoms with E-state index in [1.54, 1.807) is 13.8 Å². The molecule has 0 heterocycles. The predicted octanol–water partition coefficient (Wildman–Crippen LogP) is 3.71. The molecule has 0 N–H and O–H groups in total. The molecule has 4 heteroatoms. The van der Waals surface area contributed by atoms with Crippen molar-refractivity contribution in [3.8, 4) is 0 Å². The smallest absolute Gasteiger partial charge is 0.335 e. The minimum absolute atomic E-state index is 0.269. The lowest BCUT2D eigenvalue weighted by atomic mass is 9.81. The van der Waals surface area contributed by atoms with Gasteiger partial charge in [-0.15, -0.1) is 0 Å². The maximum Gasteiger partial charge on any atom is 0.335 e. The maximum absolute atomic E-state index is 12.6. The minimum Gasteiger partial charge on any atom is -0.465 e. The van der Waals surface area contributed by atoms with Gasteiger partial charge in [-0.25, -0.2) is 4.79 Å². The third-order valence-electron chi connectivity index (χ3n) is 3.87. The maximum atomic E-state index is 12.6. The van der Waals surface area contributed by atoms with Gasteiger partial charge in [-0.3, -0.25) is 4.79 Å². The van der Waals surface area contributed by atoms with Gasteiger partial charge in [0.25, 0.3) is 0 Å². The first-order valence-corrected chi connectivity index (χ1v) is 8.00. The van der Waals surface area contributed by atoms with Crippen molar-refractivity contribution in [2.24, 2.45) is 5.41 Å². The van der Waals surface area contributed by atoms with Crippen molar-refractivity contribution in [3.63, 3.8) is 0 Å². The van der Waals surface area contributed by atoms with Gasteiger partial charge in [-0.1, -0.05) is 45.0 Å². The molecule has 1 aromatic carbocycles. The summed E-state index contributed by atoms with van der Waals surface area (Å²) < 4.78 is 10.5. The number of carbonyl (C=O) groups excluding carboxylic acids is 2. The Kier molecular flexibility index (Phi) is 4.93. The van der Waals surface area contributed by atoms with E-state index in [1.165, 1.54) is 0 Å². The summed E-state index contributed by atoms with van der Waals surface area (Å²) >= 11 is 0. The Labute approximate surface area is 137 Å². The molecule has 0 fully saturated rings. The van der Waals surface area contributed by atoms with Crippen LogP contribution >= 0.6 is 0 Å². The van der Waals surface area contributed by atoms with Crippen LogP contribution in [0, 0.1) is 5.41 Å². The van der Waals surface area contributed by atoms with Crippen LogP contribution in [-0.4, -0.2) is 25.2 Å². The fourth-order valence-electron chi connectivity index (χ4n) is 3.13. The summed E-state index contributed by atoms with van der Waals surface area (Å²) in [5, 5.41) is 0. The van der Waals surface area contributed by atoms with Crippen molar-refractivity contribution in [1.82, 2.24) is 0 Å². The van der Waals surface area contributed by atoms with Gasteiger partial charge in [-0.2, -0.15) is 0 Å². The average Bonchev–Trinajstić information content (AvgIpc) is 2.83. The number of carbonyl (C=O) groups is 2. The Hall–Kier alpha value is -2.10. The minimum atomic E-state index is -0.709. The number of esters is 2. The molecule has 2 rings (SSSR count). The first-order chi connectivity index (χ1) is 10.8. The third-order valence-corrected chi connectivity index (χ3v) is 3.87. The highest BCUT2D eigenvalue weighted by Gasteiger charge is 2.44. The molecule has 0 bridgehead atoms. The highest BCUT2D eigenvalue weighted by Crippen LogP contribution is 2.50. The molecule has 4 nitrogen and oxygen atoms in total. The van der Waals surface area contributed by atoms with Gasteiger partial charge in [0.1, 0.15) is 5.92 Å².